The summed E-state index contributed by atoms with van der Waals surface area (Å²) in [4.78, 5) is 2.36. The van der Waals surface area contributed by atoms with Crippen LogP contribution in [0.3, 0.4) is 0 Å². The van der Waals surface area contributed by atoms with Crippen molar-refractivity contribution in [2.75, 3.05) is 6.54 Å². The van der Waals surface area contributed by atoms with E-state index in [1.54, 1.807) is 0 Å². The second kappa shape index (κ2) is 5.27. The number of rotatable bonds is 2. The zero-order valence-electron chi connectivity index (χ0n) is 11.4. The van der Waals surface area contributed by atoms with E-state index in [9.17, 15) is 9.50 Å². The number of phenolic OH excluding ortho intramolecular Hbond substituents is 1. The van der Waals surface area contributed by atoms with E-state index in [0.717, 1.165) is 6.54 Å². The van der Waals surface area contributed by atoms with Gasteiger partial charge in [-0.1, -0.05) is 6.92 Å². The number of aromatic hydroxyl groups is 1. The Morgan fingerprint density at radius 1 is 1.33 bits per heavy atom. The van der Waals surface area contributed by atoms with E-state index in [0.29, 0.717) is 17.5 Å². The van der Waals surface area contributed by atoms with Gasteiger partial charge >= 0.3 is 0 Å². The molecule has 3 heteroatoms. The van der Waals surface area contributed by atoms with E-state index < -0.39 is 0 Å². The summed E-state index contributed by atoms with van der Waals surface area (Å²) in [5, 5.41) is 9.89. The molecule has 1 aliphatic heterocycles. The van der Waals surface area contributed by atoms with Crippen LogP contribution in [0.5, 0.6) is 5.75 Å². The molecule has 18 heavy (non-hydrogen) atoms. The monoisotopic (exact) mass is 251 g/mol. The molecular formula is C15H22FNO. The minimum atomic E-state index is -0.285. The van der Waals surface area contributed by atoms with E-state index in [1.807, 2.05) is 6.92 Å². The zero-order valence-corrected chi connectivity index (χ0v) is 11.4. The minimum Gasteiger partial charge on any atom is -0.508 e. The van der Waals surface area contributed by atoms with Crippen molar-refractivity contribution in [3.8, 4) is 5.75 Å². The van der Waals surface area contributed by atoms with Crippen molar-refractivity contribution in [2.45, 2.75) is 45.7 Å². The average Bonchev–Trinajstić information content (AvgIpc) is 2.34. The molecule has 0 saturated carbocycles. The molecule has 1 aromatic rings. The summed E-state index contributed by atoms with van der Waals surface area (Å²) in [6, 6.07) is 4.73. The Kier molecular flexibility index (Phi) is 3.91. The average molecular weight is 251 g/mol. The number of benzene rings is 1. The number of hydrogen-bond donors (Lipinski definition) is 1. The lowest BCUT2D eigenvalue weighted by molar-refractivity contribution is 0.0832. The summed E-state index contributed by atoms with van der Waals surface area (Å²) in [6.07, 6.45) is 2.42. The normalized spacial score (nSPS) is 27.1. The Balaban J connectivity index is 2.23. The SMILES string of the molecule is CC1CCC(C)N(C(C)c2cc(F)ccc2O)C1. The molecule has 0 aliphatic carbocycles. The first-order valence-corrected chi connectivity index (χ1v) is 6.73. The van der Waals surface area contributed by atoms with Crippen molar-refractivity contribution in [3.63, 3.8) is 0 Å². The minimum absolute atomic E-state index is 0.0541. The van der Waals surface area contributed by atoms with Crippen LogP contribution in [-0.4, -0.2) is 22.6 Å². The molecule has 1 aromatic carbocycles. The Hall–Kier alpha value is -1.09. The summed E-state index contributed by atoms with van der Waals surface area (Å²) >= 11 is 0. The predicted octanol–water partition coefficient (Wildman–Crippen LogP) is 3.71. The van der Waals surface area contributed by atoms with Gasteiger partial charge in [0.05, 0.1) is 0 Å². The number of hydrogen-bond acceptors (Lipinski definition) is 2. The molecule has 1 saturated heterocycles. The number of piperidine rings is 1. The smallest absolute Gasteiger partial charge is 0.123 e. The molecule has 0 aromatic heterocycles. The summed E-state index contributed by atoms with van der Waals surface area (Å²) < 4.78 is 13.3. The van der Waals surface area contributed by atoms with E-state index in [1.165, 1.54) is 31.0 Å². The number of nitrogens with zero attached hydrogens (tertiary/aromatic N) is 1. The molecule has 0 amide bonds. The van der Waals surface area contributed by atoms with E-state index in [-0.39, 0.29) is 17.6 Å². The highest BCUT2D eigenvalue weighted by molar-refractivity contribution is 5.35. The maximum Gasteiger partial charge on any atom is 0.123 e. The van der Waals surface area contributed by atoms with Crippen molar-refractivity contribution in [2.24, 2.45) is 5.92 Å². The molecule has 0 spiro atoms. The van der Waals surface area contributed by atoms with Gasteiger partial charge in [-0.3, -0.25) is 4.90 Å². The van der Waals surface area contributed by atoms with Crippen LogP contribution in [0.15, 0.2) is 18.2 Å². The predicted molar refractivity (Wildman–Crippen MR) is 71.0 cm³/mol. The molecule has 100 valence electrons. The highest BCUT2D eigenvalue weighted by Crippen LogP contribution is 2.34. The number of halogens is 1. The van der Waals surface area contributed by atoms with Crippen LogP contribution in [0.2, 0.25) is 0 Å². The third-order valence-electron chi connectivity index (χ3n) is 4.10. The van der Waals surface area contributed by atoms with Gasteiger partial charge in [-0.05, 0) is 50.8 Å². The fourth-order valence-corrected chi connectivity index (χ4v) is 2.90. The lowest BCUT2D eigenvalue weighted by atomic mass is 9.92. The van der Waals surface area contributed by atoms with Crippen LogP contribution in [0, 0.1) is 11.7 Å². The maximum atomic E-state index is 13.3. The molecule has 0 radical (unpaired) electrons. The van der Waals surface area contributed by atoms with Crippen molar-refractivity contribution in [1.29, 1.82) is 0 Å². The fourth-order valence-electron chi connectivity index (χ4n) is 2.90. The van der Waals surface area contributed by atoms with Crippen LogP contribution in [0.4, 0.5) is 4.39 Å². The van der Waals surface area contributed by atoms with E-state index in [2.05, 4.69) is 18.7 Å². The van der Waals surface area contributed by atoms with E-state index in [4.69, 9.17) is 0 Å². The molecule has 1 N–H and O–H groups in total. The topological polar surface area (TPSA) is 23.5 Å². The van der Waals surface area contributed by atoms with Gasteiger partial charge in [0.2, 0.25) is 0 Å². The fraction of sp³-hybridized carbons (Fsp3) is 0.600. The van der Waals surface area contributed by atoms with Crippen LogP contribution >= 0.6 is 0 Å². The van der Waals surface area contributed by atoms with Crippen molar-refractivity contribution in [3.05, 3.63) is 29.6 Å². The summed E-state index contributed by atoms with van der Waals surface area (Å²) in [5.74, 6) is 0.570. The second-order valence-corrected chi connectivity index (χ2v) is 5.61. The quantitative estimate of drug-likeness (QED) is 0.866. The Morgan fingerprint density at radius 3 is 2.78 bits per heavy atom. The standard InChI is InChI=1S/C15H22FNO/c1-10-4-5-11(2)17(9-10)12(3)14-8-13(16)6-7-15(14)18/h6-8,10-12,18H,4-5,9H2,1-3H3. The first-order chi connectivity index (χ1) is 8.49. The zero-order chi connectivity index (χ0) is 13.3. The Labute approximate surface area is 108 Å². The lowest BCUT2D eigenvalue weighted by Crippen LogP contribution is -2.42. The van der Waals surface area contributed by atoms with Crippen LogP contribution < -0.4 is 0 Å². The van der Waals surface area contributed by atoms with Gasteiger partial charge in [0.15, 0.2) is 0 Å². The molecule has 3 atom stereocenters. The summed E-state index contributed by atoms with van der Waals surface area (Å²) in [6.45, 7) is 7.51. The maximum absolute atomic E-state index is 13.3. The van der Waals surface area contributed by atoms with Crippen LogP contribution in [0.25, 0.3) is 0 Å². The molecular weight excluding hydrogens is 229 g/mol. The number of phenols is 1. The van der Waals surface area contributed by atoms with Gasteiger partial charge in [-0.15, -0.1) is 0 Å². The summed E-state index contributed by atoms with van der Waals surface area (Å²) in [5.41, 5.74) is 0.691. The molecule has 0 bridgehead atoms. The second-order valence-electron chi connectivity index (χ2n) is 5.61. The first-order valence-electron chi connectivity index (χ1n) is 6.73. The highest BCUT2D eigenvalue weighted by Gasteiger charge is 2.28. The Morgan fingerprint density at radius 2 is 2.06 bits per heavy atom. The van der Waals surface area contributed by atoms with Crippen molar-refractivity contribution in [1.82, 2.24) is 4.90 Å². The highest BCUT2D eigenvalue weighted by atomic mass is 19.1. The third-order valence-corrected chi connectivity index (χ3v) is 4.10. The van der Waals surface area contributed by atoms with Gasteiger partial charge in [0, 0.05) is 24.2 Å². The van der Waals surface area contributed by atoms with E-state index >= 15 is 0 Å². The van der Waals surface area contributed by atoms with Crippen LogP contribution in [0.1, 0.15) is 45.2 Å². The first kappa shape index (κ1) is 13.3. The molecule has 1 fully saturated rings. The Bertz CT molecular complexity index is 421. The van der Waals surface area contributed by atoms with Gasteiger partial charge in [0.25, 0.3) is 0 Å². The van der Waals surface area contributed by atoms with Crippen molar-refractivity contribution < 1.29 is 9.50 Å². The van der Waals surface area contributed by atoms with Gasteiger partial charge in [-0.25, -0.2) is 4.39 Å². The summed E-state index contributed by atoms with van der Waals surface area (Å²) in [7, 11) is 0. The van der Waals surface area contributed by atoms with Crippen molar-refractivity contribution >= 4 is 0 Å². The van der Waals surface area contributed by atoms with Gasteiger partial charge < -0.3 is 5.11 Å². The van der Waals surface area contributed by atoms with Gasteiger partial charge in [-0.2, -0.15) is 0 Å². The molecule has 1 aliphatic rings. The number of likely N-dealkylation sites (tertiary alicyclic amines) is 1. The lowest BCUT2D eigenvalue weighted by Gasteiger charge is -2.41. The van der Waals surface area contributed by atoms with Crippen LogP contribution in [-0.2, 0) is 0 Å². The van der Waals surface area contributed by atoms with Gasteiger partial charge in [0.1, 0.15) is 11.6 Å². The third kappa shape index (κ3) is 2.66. The molecule has 2 nitrogen and oxygen atoms in total. The largest absolute Gasteiger partial charge is 0.508 e. The molecule has 3 unspecified atom stereocenters. The molecule has 1 heterocycles. The molecule has 2 rings (SSSR count).